The van der Waals surface area contributed by atoms with Crippen LogP contribution in [0.3, 0.4) is 0 Å². The fraction of sp³-hybridized carbons (Fsp3) is 0.385. The largest absolute Gasteiger partial charge is 0.388 e. The van der Waals surface area contributed by atoms with Crippen LogP contribution < -0.4 is 0 Å². The fourth-order valence-corrected chi connectivity index (χ4v) is 2.83. The average Bonchev–Trinajstić information content (AvgIpc) is 2.88. The number of nitro groups is 1. The quantitative estimate of drug-likeness (QED) is 0.479. The van der Waals surface area contributed by atoms with E-state index in [1.165, 1.54) is 17.8 Å². The van der Waals surface area contributed by atoms with Crippen molar-refractivity contribution in [3.05, 3.63) is 45.8 Å². The highest BCUT2D eigenvalue weighted by Gasteiger charge is 2.12. The molecule has 0 spiro atoms. The number of non-ortho nitro benzene ring substituents is 1. The third-order valence-electron chi connectivity index (χ3n) is 2.87. The van der Waals surface area contributed by atoms with E-state index in [2.05, 4.69) is 10.2 Å². The molecule has 1 heterocycles. The standard InChI is InChI=1S/C13H16N4O3S/c1-2-6-16-12(8-18)14-15-13(16)21-9-10-4-3-5-11(7-10)17(19)20/h3-5,7,18H,2,6,8-9H2,1H3. The molecule has 0 fully saturated rings. The second kappa shape index (κ2) is 7.19. The van der Waals surface area contributed by atoms with Crippen LogP contribution in [-0.4, -0.2) is 24.8 Å². The van der Waals surface area contributed by atoms with E-state index in [1.54, 1.807) is 12.1 Å². The molecule has 1 aromatic heterocycles. The summed E-state index contributed by atoms with van der Waals surface area (Å²) in [6, 6.07) is 6.54. The maximum atomic E-state index is 10.8. The summed E-state index contributed by atoms with van der Waals surface area (Å²) in [5, 5.41) is 28.7. The van der Waals surface area contributed by atoms with Crippen LogP contribution in [0, 0.1) is 10.1 Å². The summed E-state index contributed by atoms with van der Waals surface area (Å²) in [5.74, 6) is 1.10. The lowest BCUT2D eigenvalue weighted by molar-refractivity contribution is -0.384. The van der Waals surface area contributed by atoms with Crippen LogP contribution in [0.1, 0.15) is 24.7 Å². The highest BCUT2D eigenvalue weighted by Crippen LogP contribution is 2.24. The van der Waals surface area contributed by atoms with Crippen LogP contribution in [0.4, 0.5) is 5.69 Å². The van der Waals surface area contributed by atoms with E-state index in [4.69, 9.17) is 0 Å². The summed E-state index contributed by atoms with van der Waals surface area (Å²) in [7, 11) is 0. The van der Waals surface area contributed by atoms with E-state index in [0.29, 0.717) is 16.7 Å². The molecule has 0 atom stereocenters. The first-order valence-electron chi connectivity index (χ1n) is 6.54. The molecule has 0 unspecified atom stereocenters. The summed E-state index contributed by atoms with van der Waals surface area (Å²) < 4.78 is 1.88. The van der Waals surface area contributed by atoms with Gasteiger partial charge in [0.1, 0.15) is 6.61 Å². The van der Waals surface area contributed by atoms with Gasteiger partial charge in [-0.15, -0.1) is 10.2 Å². The highest BCUT2D eigenvalue weighted by atomic mass is 32.2. The predicted octanol–water partition coefficient (Wildman–Crippen LogP) is 2.38. The van der Waals surface area contributed by atoms with Crippen molar-refractivity contribution in [2.45, 2.75) is 37.4 Å². The SMILES string of the molecule is CCCn1c(CO)nnc1SCc1cccc([N+](=O)[O-])c1. The maximum absolute atomic E-state index is 10.8. The molecule has 7 nitrogen and oxygen atoms in total. The Bertz CT molecular complexity index is 630. The Morgan fingerprint density at radius 1 is 1.43 bits per heavy atom. The molecule has 8 heteroatoms. The van der Waals surface area contributed by atoms with E-state index in [9.17, 15) is 15.2 Å². The number of rotatable bonds is 7. The molecule has 0 aliphatic heterocycles. The molecule has 0 saturated carbocycles. The minimum atomic E-state index is -0.405. The summed E-state index contributed by atoms with van der Waals surface area (Å²) in [4.78, 5) is 10.3. The van der Waals surface area contributed by atoms with E-state index < -0.39 is 4.92 Å². The molecular formula is C13H16N4O3S. The van der Waals surface area contributed by atoms with Gasteiger partial charge >= 0.3 is 0 Å². The molecule has 112 valence electrons. The van der Waals surface area contributed by atoms with E-state index in [0.717, 1.165) is 18.5 Å². The van der Waals surface area contributed by atoms with Crippen molar-refractivity contribution in [3.63, 3.8) is 0 Å². The molecule has 0 aliphatic carbocycles. The summed E-state index contributed by atoms with van der Waals surface area (Å²) in [6.45, 7) is 2.63. The number of nitrogens with zero attached hydrogens (tertiary/aromatic N) is 4. The first-order chi connectivity index (χ1) is 10.2. The highest BCUT2D eigenvalue weighted by molar-refractivity contribution is 7.98. The zero-order valence-corrected chi connectivity index (χ0v) is 12.4. The minimum Gasteiger partial charge on any atom is -0.388 e. The molecule has 21 heavy (non-hydrogen) atoms. The number of hydrogen-bond acceptors (Lipinski definition) is 6. The second-order valence-corrected chi connectivity index (χ2v) is 5.37. The molecule has 2 aromatic rings. The Kier molecular flexibility index (Phi) is 5.29. The lowest BCUT2D eigenvalue weighted by Crippen LogP contribution is -2.04. The average molecular weight is 308 g/mol. The Hall–Kier alpha value is -1.93. The number of benzene rings is 1. The number of aliphatic hydroxyl groups excluding tert-OH is 1. The Labute approximate surface area is 126 Å². The molecule has 1 aromatic carbocycles. The van der Waals surface area contributed by atoms with Gasteiger partial charge in [0.15, 0.2) is 11.0 Å². The lowest BCUT2D eigenvalue weighted by Gasteiger charge is -2.07. The van der Waals surface area contributed by atoms with Gasteiger partial charge in [-0.2, -0.15) is 0 Å². The van der Waals surface area contributed by atoms with Gasteiger partial charge in [-0.05, 0) is 12.0 Å². The van der Waals surface area contributed by atoms with Crippen LogP contribution in [-0.2, 0) is 18.9 Å². The van der Waals surface area contributed by atoms with Gasteiger partial charge in [-0.1, -0.05) is 30.8 Å². The molecule has 1 N–H and O–H groups in total. The van der Waals surface area contributed by atoms with Gasteiger partial charge in [0.05, 0.1) is 4.92 Å². The molecule has 0 aliphatic rings. The number of nitro benzene ring substituents is 1. The second-order valence-electron chi connectivity index (χ2n) is 4.42. The van der Waals surface area contributed by atoms with Crippen LogP contribution in [0.15, 0.2) is 29.4 Å². The van der Waals surface area contributed by atoms with E-state index in [1.807, 2.05) is 17.6 Å². The van der Waals surface area contributed by atoms with Gasteiger partial charge in [-0.3, -0.25) is 10.1 Å². The van der Waals surface area contributed by atoms with Gasteiger partial charge in [0, 0.05) is 24.4 Å². The van der Waals surface area contributed by atoms with Crippen molar-refractivity contribution in [1.82, 2.24) is 14.8 Å². The molecule has 0 radical (unpaired) electrons. The van der Waals surface area contributed by atoms with Crippen molar-refractivity contribution >= 4 is 17.4 Å². The monoisotopic (exact) mass is 308 g/mol. The lowest BCUT2D eigenvalue weighted by atomic mass is 10.2. The Morgan fingerprint density at radius 3 is 2.90 bits per heavy atom. The number of aliphatic hydroxyl groups is 1. The molecule has 2 rings (SSSR count). The van der Waals surface area contributed by atoms with Gasteiger partial charge in [0.25, 0.3) is 5.69 Å². The van der Waals surface area contributed by atoms with Crippen molar-refractivity contribution in [3.8, 4) is 0 Å². The summed E-state index contributed by atoms with van der Waals surface area (Å²) in [5.41, 5.74) is 0.935. The normalized spacial score (nSPS) is 10.8. The van der Waals surface area contributed by atoms with Gasteiger partial charge in [0.2, 0.25) is 0 Å². The van der Waals surface area contributed by atoms with Crippen LogP contribution in [0.5, 0.6) is 0 Å². The van der Waals surface area contributed by atoms with Gasteiger partial charge < -0.3 is 9.67 Å². The first-order valence-corrected chi connectivity index (χ1v) is 7.53. The Balaban J connectivity index is 2.11. The van der Waals surface area contributed by atoms with E-state index in [-0.39, 0.29) is 12.3 Å². The zero-order chi connectivity index (χ0) is 15.2. The molecule has 0 bridgehead atoms. The molecule has 0 saturated heterocycles. The van der Waals surface area contributed by atoms with Gasteiger partial charge in [-0.25, -0.2) is 0 Å². The fourth-order valence-electron chi connectivity index (χ4n) is 1.90. The van der Waals surface area contributed by atoms with Crippen molar-refractivity contribution in [1.29, 1.82) is 0 Å². The van der Waals surface area contributed by atoms with Crippen molar-refractivity contribution in [2.24, 2.45) is 0 Å². The minimum absolute atomic E-state index is 0.0826. The first kappa shape index (κ1) is 15.5. The third-order valence-corrected chi connectivity index (χ3v) is 3.91. The van der Waals surface area contributed by atoms with Crippen molar-refractivity contribution < 1.29 is 10.0 Å². The third kappa shape index (κ3) is 3.79. The van der Waals surface area contributed by atoms with E-state index >= 15 is 0 Å². The van der Waals surface area contributed by atoms with Crippen LogP contribution in [0.2, 0.25) is 0 Å². The maximum Gasteiger partial charge on any atom is 0.269 e. The zero-order valence-electron chi connectivity index (χ0n) is 11.6. The number of hydrogen-bond donors (Lipinski definition) is 1. The molecule has 0 amide bonds. The van der Waals surface area contributed by atoms with Crippen LogP contribution in [0.25, 0.3) is 0 Å². The smallest absolute Gasteiger partial charge is 0.269 e. The predicted molar refractivity (Wildman–Crippen MR) is 78.9 cm³/mol. The summed E-state index contributed by atoms with van der Waals surface area (Å²) in [6.07, 6.45) is 0.912. The Morgan fingerprint density at radius 2 is 2.24 bits per heavy atom. The van der Waals surface area contributed by atoms with Crippen molar-refractivity contribution in [2.75, 3.05) is 0 Å². The topological polar surface area (TPSA) is 94.1 Å². The number of thioether (sulfide) groups is 1. The van der Waals surface area contributed by atoms with Crippen LogP contribution >= 0.6 is 11.8 Å². The molecular weight excluding hydrogens is 292 g/mol. The summed E-state index contributed by atoms with van der Waals surface area (Å²) >= 11 is 1.45. The number of aromatic nitrogens is 3.